The van der Waals surface area contributed by atoms with Gasteiger partial charge in [0.1, 0.15) is 0 Å². The summed E-state index contributed by atoms with van der Waals surface area (Å²) in [6.45, 7) is 2.36. The first-order valence-electron chi connectivity index (χ1n) is 8.31. The molecule has 0 aliphatic rings. The second-order valence-corrected chi connectivity index (χ2v) is 6.55. The Balaban J connectivity index is 1.57. The maximum Gasteiger partial charge on any atom is 0.322 e. The quantitative estimate of drug-likeness (QED) is 0.464. The minimum atomic E-state index is -0.531. The zero-order valence-electron chi connectivity index (χ0n) is 14.5. The number of furan rings is 1. The second-order valence-electron chi connectivity index (χ2n) is 5.71. The van der Waals surface area contributed by atoms with Gasteiger partial charge >= 0.3 is 6.01 Å². The molecule has 0 spiro atoms. The fourth-order valence-electron chi connectivity index (χ4n) is 2.62. The zero-order chi connectivity index (χ0) is 19.7. The van der Waals surface area contributed by atoms with Gasteiger partial charge in [-0.2, -0.15) is 0 Å². The molecule has 0 bridgehead atoms. The number of rotatable bonds is 5. The van der Waals surface area contributed by atoms with Crippen LogP contribution in [0, 0.1) is 0 Å². The van der Waals surface area contributed by atoms with Crippen molar-refractivity contribution in [1.82, 2.24) is 10.2 Å². The van der Waals surface area contributed by atoms with Crippen molar-refractivity contribution in [3.05, 3.63) is 58.3 Å². The van der Waals surface area contributed by atoms with Crippen molar-refractivity contribution in [3.8, 4) is 17.2 Å². The molecule has 28 heavy (non-hydrogen) atoms. The number of para-hydroxylation sites is 1. The number of halogens is 2. The van der Waals surface area contributed by atoms with Crippen molar-refractivity contribution in [1.29, 1.82) is 0 Å². The van der Waals surface area contributed by atoms with Gasteiger partial charge in [0.25, 0.3) is 11.8 Å². The van der Waals surface area contributed by atoms with Crippen LogP contribution < -0.4 is 10.1 Å². The maximum absolute atomic E-state index is 12.5. The minimum absolute atomic E-state index is 0.0866. The topological polar surface area (TPSA) is 90.4 Å². The number of fused-ring (bicyclic) bond motifs is 1. The van der Waals surface area contributed by atoms with Gasteiger partial charge in [-0.15, -0.1) is 5.10 Å². The number of hydrogen-bond acceptors (Lipinski definition) is 6. The van der Waals surface area contributed by atoms with Crippen LogP contribution in [0.4, 0.5) is 6.01 Å². The molecular weight excluding hydrogens is 405 g/mol. The van der Waals surface area contributed by atoms with E-state index in [0.29, 0.717) is 33.5 Å². The van der Waals surface area contributed by atoms with E-state index in [0.717, 1.165) is 5.39 Å². The third-order valence-corrected chi connectivity index (χ3v) is 4.39. The first kappa shape index (κ1) is 18.3. The van der Waals surface area contributed by atoms with E-state index in [1.54, 1.807) is 30.3 Å². The van der Waals surface area contributed by atoms with Gasteiger partial charge in [-0.05, 0) is 37.3 Å². The van der Waals surface area contributed by atoms with E-state index in [-0.39, 0.29) is 17.7 Å². The van der Waals surface area contributed by atoms with E-state index >= 15 is 0 Å². The van der Waals surface area contributed by atoms with E-state index in [9.17, 15) is 4.79 Å². The van der Waals surface area contributed by atoms with Crippen LogP contribution in [-0.4, -0.2) is 22.7 Å². The van der Waals surface area contributed by atoms with Gasteiger partial charge in [-0.1, -0.05) is 40.4 Å². The number of amides is 1. The van der Waals surface area contributed by atoms with Crippen LogP contribution in [0.1, 0.15) is 17.5 Å². The number of aromatic nitrogens is 2. The lowest BCUT2D eigenvalue weighted by Gasteiger charge is -2.02. The van der Waals surface area contributed by atoms with Crippen LogP contribution in [0.3, 0.4) is 0 Å². The number of ether oxygens (including phenoxy) is 1. The average molecular weight is 418 g/mol. The fraction of sp³-hybridized carbons (Fsp3) is 0.105. The molecule has 142 valence electrons. The zero-order valence-corrected chi connectivity index (χ0v) is 16.0. The highest BCUT2D eigenvalue weighted by Gasteiger charge is 2.19. The Morgan fingerprint density at radius 3 is 2.79 bits per heavy atom. The summed E-state index contributed by atoms with van der Waals surface area (Å²) < 4.78 is 16.6. The Labute approximate surface area is 169 Å². The summed E-state index contributed by atoms with van der Waals surface area (Å²) in [5.41, 5.74) is 0.998. The molecule has 0 saturated carbocycles. The Kier molecular flexibility index (Phi) is 4.93. The Morgan fingerprint density at radius 1 is 1.14 bits per heavy atom. The molecule has 2 aromatic heterocycles. The lowest BCUT2D eigenvalue weighted by atomic mass is 10.2. The van der Waals surface area contributed by atoms with Crippen LogP contribution in [0.25, 0.3) is 22.4 Å². The van der Waals surface area contributed by atoms with Crippen molar-refractivity contribution >= 4 is 46.1 Å². The first-order chi connectivity index (χ1) is 13.5. The summed E-state index contributed by atoms with van der Waals surface area (Å²) in [5.74, 6) is 0.277. The highest BCUT2D eigenvalue weighted by Crippen LogP contribution is 2.31. The number of anilines is 1. The van der Waals surface area contributed by atoms with Gasteiger partial charge < -0.3 is 13.6 Å². The summed E-state index contributed by atoms with van der Waals surface area (Å²) in [5, 5.41) is 11.8. The molecule has 1 amide bonds. The Hall–Kier alpha value is -3.03. The molecule has 0 unspecified atom stereocenters. The smallest absolute Gasteiger partial charge is 0.322 e. The van der Waals surface area contributed by atoms with E-state index < -0.39 is 5.91 Å². The van der Waals surface area contributed by atoms with E-state index in [4.69, 9.17) is 36.8 Å². The molecule has 0 aliphatic carbocycles. The van der Waals surface area contributed by atoms with Crippen molar-refractivity contribution in [2.24, 2.45) is 0 Å². The lowest BCUT2D eigenvalue weighted by molar-refractivity contribution is 0.0995. The summed E-state index contributed by atoms with van der Waals surface area (Å²) in [4.78, 5) is 12.5. The normalized spacial score (nSPS) is 11.0. The molecule has 0 saturated heterocycles. The molecule has 4 aromatic rings. The largest absolute Gasteiger partial charge is 0.490 e. The molecule has 0 radical (unpaired) electrons. The van der Waals surface area contributed by atoms with Gasteiger partial charge in [0.2, 0.25) is 0 Å². The second kappa shape index (κ2) is 7.53. The van der Waals surface area contributed by atoms with Crippen LogP contribution >= 0.6 is 23.2 Å². The molecule has 0 fully saturated rings. The first-order valence-corrected chi connectivity index (χ1v) is 9.06. The van der Waals surface area contributed by atoms with Crippen molar-refractivity contribution in [2.75, 3.05) is 11.9 Å². The number of benzene rings is 2. The summed E-state index contributed by atoms with van der Waals surface area (Å²) >= 11 is 12.0. The predicted molar refractivity (Wildman–Crippen MR) is 105 cm³/mol. The third-order valence-electron chi connectivity index (χ3n) is 3.84. The van der Waals surface area contributed by atoms with Crippen LogP contribution in [-0.2, 0) is 0 Å². The number of nitrogens with one attached hydrogen (secondary N) is 1. The van der Waals surface area contributed by atoms with Gasteiger partial charge in [-0.25, -0.2) is 0 Å². The van der Waals surface area contributed by atoms with Crippen LogP contribution in [0.2, 0.25) is 10.0 Å². The van der Waals surface area contributed by atoms with Crippen molar-refractivity contribution in [2.45, 2.75) is 6.92 Å². The highest BCUT2D eigenvalue weighted by atomic mass is 35.5. The van der Waals surface area contributed by atoms with E-state index in [1.807, 2.05) is 19.1 Å². The average Bonchev–Trinajstić information content (AvgIpc) is 3.29. The van der Waals surface area contributed by atoms with Crippen LogP contribution in [0.5, 0.6) is 5.75 Å². The molecule has 9 heteroatoms. The summed E-state index contributed by atoms with van der Waals surface area (Å²) in [6.07, 6.45) is 0. The van der Waals surface area contributed by atoms with Gasteiger partial charge in [0.05, 0.1) is 17.2 Å². The number of carbonyl (C=O) groups is 1. The summed E-state index contributed by atoms with van der Waals surface area (Å²) in [6, 6.07) is 11.8. The standard InChI is InChI=1S/C19H13Cl2N3O4/c1-2-26-14-5-3-4-10-8-15(27-16(10)14)17(25)22-19-24-23-18(28-19)12-7-6-11(20)9-13(12)21/h3-9H,2H2,1H3,(H,22,24,25). The molecule has 2 aromatic carbocycles. The van der Waals surface area contributed by atoms with Crippen molar-refractivity contribution in [3.63, 3.8) is 0 Å². The SMILES string of the molecule is CCOc1cccc2cc(C(=O)Nc3nnc(-c4ccc(Cl)cc4Cl)o3)oc12. The van der Waals surface area contributed by atoms with Gasteiger partial charge in [0.15, 0.2) is 17.1 Å². The lowest BCUT2D eigenvalue weighted by Crippen LogP contribution is -2.10. The third kappa shape index (κ3) is 3.54. The molecule has 4 rings (SSSR count). The minimum Gasteiger partial charge on any atom is -0.490 e. The molecule has 0 atom stereocenters. The maximum atomic E-state index is 12.5. The molecular formula is C19H13Cl2N3O4. The molecule has 0 aliphatic heterocycles. The molecule has 2 heterocycles. The highest BCUT2D eigenvalue weighted by molar-refractivity contribution is 6.36. The van der Waals surface area contributed by atoms with Gasteiger partial charge in [0, 0.05) is 10.4 Å². The van der Waals surface area contributed by atoms with E-state index in [1.165, 1.54) is 0 Å². The number of carbonyl (C=O) groups excluding carboxylic acids is 1. The molecule has 1 N–H and O–H groups in total. The Morgan fingerprint density at radius 2 is 2.00 bits per heavy atom. The Bertz CT molecular complexity index is 1170. The fourth-order valence-corrected chi connectivity index (χ4v) is 3.11. The number of nitrogens with zero attached hydrogens (tertiary/aromatic N) is 2. The predicted octanol–water partition coefficient (Wildman–Crippen LogP) is 5.44. The molecule has 7 nitrogen and oxygen atoms in total. The monoisotopic (exact) mass is 417 g/mol. The van der Waals surface area contributed by atoms with Crippen LogP contribution in [0.15, 0.2) is 51.3 Å². The van der Waals surface area contributed by atoms with Crippen molar-refractivity contribution < 1.29 is 18.4 Å². The summed E-state index contributed by atoms with van der Waals surface area (Å²) in [7, 11) is 0. The van der Waals surface area contributed by atoms with Gasteiger partial charge in [-0.3, -0.25) is 10.1 Å². The van der Waals surface area contributed by atoms with E-state index in [2.05, 4.69) is 15.5 Å². The number of hydrogen-bond donors (Lipinski definition) is 1.